The second-order valence-corrected chi connectivity index (χ2v) is 10.7. The van der Waals surface area contributed by atoms with E-state index in [1.54, 1.807) is 12.4 Å². The van der Waals surface area contributed by atoms with E-state index in [1.807, 2.05) is 37.5 Å². The molecule has 1 aliphatic rings. The maximum absolute atomic E-state index is 14.2. The Morgan fingerprint density at radius 1 is 1.00 bits per heavy atom. The van der Waals surface area contributed by atoms with Gasteiger partial charge in [0, 0.05) is 41.6 Å². The maximum Gasteiger partial charge on any atom is 0.178 e. The van der Waals surface area contributed by atoms with Crippen LogP contribution >= 0.6 is 0 Å². The fourth-order valence-electron chi connectivity index (χ4n) is 5.77. The van der Waals surface area contributed by atoms with Crippen LogP contribution in [0.5, 0.6) is 0 Å². The molecule has 0 bridgehead atoms. The van der Waals surface area contributed by atoms with Crippen molar-refractivity contribution in [2.75, 3.05) is 6.54 Å². The van der Waals surface area contributed by atoms with E-state index in [-0.39, 0.29) is 5.82 Å². The molecule has 0 unspecified atom stereocenters. The molecule has 1 aromatic carbocycles. The quantitative estimate of drug-likeness (QED) is 0.221. The monoisotopic (exact) mass is 532 g/mol. The third-order valence-corrected chi connectivity index (χ3v) is 7.74. The first kappa shape index (κ1) is 24.5. The average molecular weight is 533 g/mol. The largest absolute Gasteiger partial charge is 0.335 e. The van der Waals surface area contributed by atoms with Crippen LogP contribution in [0, 0.1) is 18.7 Å². The first-order chi connectivity index (χ1) is 19.6. The number of H-pyrrole nitrogens is 2. The molecular formula is C31H29FN8. The van der Waals surface area contributed by atoms with Crippen molar-refractivity contribution in [3.05, 3.63) is 78.1 Å². The molecule has 1 aliphatic carbocycles. The van der Waals surface area contributed by atoms with E-state index < -0.39 is 0 Å². The van der Waals surface area contributed by atoms with Crippen LogP contribution < -0.4 is 5.32 Å². The molecule has 3 N–H and O–H groups in total. The van der Waals surface area contributed by atoms with Crippen molar-refractivity contribution in [1.82, 2.24) is 40.4 Å². The number of fused-ring (bicyclic) bond motifs is 2. The Bertz CT molecular complexity index is 1810. The van der Waals surface area contributed by atoms with Crippen molar-refractivity contribution >= 4 is 22.1 Å². The molecule has 7 rings (SSSR count). The maximum atomic E-state index is 14.2. The lowest BCUT2D eigenvalue weighted by molar-refractivity contribution is 0.489. The van der Waals surface area contributed by atoms with Crippen molar-refractivity contribution < 1.29 is 4.39 Å². The van der Waals surface area contributed by atoms with Gasteiger partial charge in [0.15, 0.2) is 11.5 Å². The predicted molar refractivity (Wildman–Crippen MR) is 154 cm³/mol. The number of benzene rings is 1. The van der Waals surface area contributed by atoms with Gasteiger partial charge in [-0.05, 0) is 79.3 Å². The molecule has 0 spiro atoms. The Labute approximate surface area is 230 Å². The SMILES string of the molecule is Cc1cc(F)cc(-c2ccnc3nc(-c4n[nH]c5cnc(-c6cncc(CNCC7CCCC7)c6)cc45)[nH]c23)c1. The smallest absolute Gasteiger partial charge is 0.178 e. The van der Waals surface area contributed by atoms with Crippen LogP contribution in [0.25, 0.3) is 56.0 Å². The minimum atomic E-state index is -0.277. The highest BCUT2D eigenvalue weighted by molar-refractivity contribution is 5.96. The molecule has 9 heteroatoms. The topological polar surface area (TPSA) is 108 Å². The van der Waals surface area contributed by atoms with Crippen molar-refractivity contribution in [3.63, 3.8) is 0 Å². The molecule has 0 saturated heterocycles. The number of nitrogens with zero attached hydrogens (tertiary/aromatic N) is 5. The molecular weight excluding hydrogens is 503 g/mol. The first-order valence-electron chi connectivity index (χ1n) is 13.7. The van der Waals surface area contributed by atoms with Crippen LogP contribution in [0.3, 0.4) is 0 Å². The summed E-state index contributed by atoms with van der Waals surface area (Å²) in [6, 6.07) is 11.0. The number of hydrogen-bond donors (Lipinski definition) is 3. The van der Waals surface area contributed by atoms with Crippen molar-refractivity contribution in [3.8, 4) is 33.9 Å². The molecule has 1 saturated carbocycles. The summed E-state index contributed by atoms with van der Waals surface area (Å²) >= 11 is 0. The van der Waals surface area contributed by atoms with Crippen LogP contribution in [-0.2, 0) is 6.54 Å². The molecule has 0 aliphatic heterocycles. The lowest BCUT2D eigenvalue weighted by Gasteiger charge is -2.11. The van der Waals surface area contributed by atoms with E-state index >= 15 is 0 Å². The number of pyridine rings is 3. The second-order valence-electron chi connectivity index (χ2n) is 10.7. The number of imidazole rings is 1. The molecule has 0 atom stereocenters. The summed E-state index contributed by atoms with van der Waals surface area (Å²) in [4.78, 5) is 21.7. The molecule has 5 aromatic heterocycles. The van der Waals surface area contributed by atoms with E-state index in [0.717, 1.165) is 68.9 Å². The Balaban J connectivity index is 1.21. The van der Waals surface area contributed by atoms with Gasteiger partial charge in [-0.1, -0.05) is 18.9 Å². The molecule has 1 fully saturated rings. The highest BCUT2D eigenvalue weighted by atomic mass is 19.1. The molecule has 200 valence electrons. The van der Waals surface area contributed by atoms with E-state index in [4.69, 9.17) is 4.98 Å². The van der Waals surface area contributed by atoms with Crippen molar-refractivity contribution in [2.45, 2.75) is 39.2 Å². The van der Waals surface area contributed by atoms with E-state index in [9.17, 15) is 4.39 Å². The van der Waals surface area contributed by atoms with Gasteiger partial charge < -0.3 is 10.3 Å². The van der Waals surface area contributed by atoms with Gasteiger partial charge in [0.25, 0.3) is 0 Å². The van der Waals surface area contributed by atoms with Crippen LogP contribution in [0.4, 0.5) is 4.39 Å². The van der Waals surface area contributed by atoms with E-state index in [1.165, 1.54) is 37.8 Å². The van der Waals surface area contributed by atoms with Crippen molar-refractivity contribution in [2.24, 2.45) is 5.92 Å². The van der Waals surface area contributed by atoms with Gasteiger partial charge in [-0.2, -0.15) is 5.10 Å². The average Bonchev–Trinajstić information content (AvgIpc) is 3.71. The zero-order valence-corrected chi connectivity index (χ0v) is 22.2. The van der Waals surface area contributed by atoms with Gasteiger partial charge in [-0.3, -0.25) is 15.1 Å². The number of aromatic nitrogens is 7. The normalized spacial score (nSPS) is 14.1. The molecule has 6 aromatic rings. The molecule has 0 amide bonds. The van der Waals surface area contributed by atoms with Gasteiger partial charge in [-0.25, -0.2) is 14.4 Å². The highest BCUT2D eigenvalue weighted by Crippen LogP contribution is 2.32. The summed E-state index contributed by atoms with van der Waals surface area (Å²) in [6.45, 7) is 3.72. The lowest BCUT2D eigenvalue weighted by Crippen LogP contribution is -2.20. The summed E-state index contributed by atoms with van der Waals surface area (Å²) in [7, 11) is 0. The van der Waals surface area contributed by atoms with Crippen LogP contribution in [-0.4, -0.2) is 41.7 Å². The third-order valence-electron chi connectivity index (χ3n) is 7.74. The number of halogens is 1. The lowest BCUT2D eigenvalue weighted by atomic mass is 10.0. The second kappa shape index (κ2) is 10.2. The van der Waals surface area contributed by atoms with Gasteiger partial charge in [-0.15, -0.1) is 0 Å². The zero-order chi connectivity index (χ0) is 27.1. The molecule has 0 radical (unpaired) electrons. The van der Waals surface area contributed by atoms with Crippen LogP contribution in [0.1, 0.15) is 36.8 Å². The number of rotatable bonds is 7. The number of aryl methyl sites for hydroxylation is 1. The van der Waals surface area contributed by atoms with Crippen LogP contribution in [0.2, 0.25) is 0 Å². The summed E-state index contributed by atoms with van der Waals surface area (Å²) in [5.74, 6) is 1.10. The van der Waals surface area contributed by atoms with E-state index in [2.05, 4.69) is 41.5 Å². The van der Waals surface area contributed by atoms with Crippen molar-refractivity contribution in [1.29, 1.82) is 0 Å². The Morgan fingerprint density at radius 2 is 1.90 bits per heavy atom. The number of hydrogen-bond acceptors (Lipinski definition) is 6. The Morgan fingerprint density at radius 3 is 2.77 bits per heavy atom. The fraction of sp³-hybridized carbons (Fsp3) is 0.258. The zero-order valence-electron chi connectivity index (χ0n) is 22.2. The fourth-order valence-corrected chi connectivity index (χ4v) is 5.77. The predicted octanol–water partition coefficient (Wildman–Crippen LogP) is 6.35. The summed E-state index contributed by atoms with van der Waals surface area (Å²) in [6.07, 6.45) is 12.6. The third kappa shape index (κ3) is 4.73. The van der Waals surface area contributed by atoms with Gasteiger partial charge in [0.1, 0.15) is 11.5 Å². The minimum absolute atomic E-state index is 0.277. The Kier molecular flexibility index (Phi) is 6.28. The highest BCUT2D eigenvalue weighted by Gasteiger charge is 2.18. The molecule has 5 heterocycles. The van der Waals surface area contributed by atoms with Gasteiger partial charge >= 0.3 is 0 Å². The standard InChI is InChI=1S/C31H29FN8/c1-18-8-21(11-23(32)9-18)24-6-7-35-30-28(24)37-31(38-30)29-25-12-26(36-17-27(25)39-40-29)22-10-20(15-34-16-22)14-33-13-19-4-2-3-5-19/h6-12,15-17,19,33H,2-5,13-14H2,1H3,(H,39,40)(H,35,37,38). The van der Waals surface area contributed by atoms with Gasteiger partial charge in [0.05, 0.1) is 22.9 Å². The van der Waals surface area contributed by atoms with Gasteiger partial charge in [0.2, 0.25) is 0 Å². The summed E-state index contributed by atoms with van der Waals surface area (Å²) in [5.41, 5.74) is 8.08. The first-order valence-corrected chi connectivity index (χ1v) is 13.7. The number of aromatic amines is 2. The number of nitrogens with one attached hydrogen (secondary N) is 3. The summed E-state index contributed by atoms with van der Waals surface area (Å²) in [5, 5.41) is 12.1. The van der Waals surface area contributed by atoms with Crippen LogP contribution in [0.15, 0.2) is 61.2 Å². The molecule has 8 nitrogen and oxygen atoms in total. The minimum Gasteiger partial charge on any atom is -0.335 e. The van der Waals surface area contributed by atoms with E-state index in [0.29, 0.717) is 17.2 Å². The Hall–Kier alpha value is -4.50. The molecule has 40 heavy (non-hydrogen) atoms. The summed E-state index contributed by atoms with van der Waals surface area (Å²) < 4.78 is 14.2.